The second kappa shape index (κ2) is 9.19. The first-order valence-electron chi connectivity index (χ1n) is 10.7. The molecule has 4 nitrogen and oxygen atoms in total. The minimum absolute atomic E-state index is 0.679. The molecule has 0 amide bonds. The van der Waals surface area contributed by atoms with E-state index in [0.717, 1.165) is 35.5 Å². The van der Waals surface area contributed by atoms with Crippen molar-refractivity contribution in [2.24, 2.45) is 10.2 Å². The molecule has 3 aromatic carbocycles. The summed E-state index contributed by atoms with van der Waals surface area (Å²) in [6.07, 6.45) is 3.98. The van der Waals surface area contributed by atoms with E-state index in [0.29, 0.717) is 12.1 Å². The summed E-state index contributed by atoms with van der Waals surface area (Å²) in [5.74, 6) is 0. The molecule has 29 heavy (non-hydrogen) atoms. The third kappa shape index (κ3) is 4.65. The van der Waals surface area contributed by atoms with E-state index in [4.69, 9.17) is 0 Å². The predicted molar refractivity (Wildman–Crippen MR) is 123 cm³/mol. The highest BCUT2D eigenvalue weighted by atomic mass is 15.2. The molecule has 0 spiro atoms. The average molecular weight is 387 g/mol. The minimum atomic E-state index is 0.679. The van der Waals surface area contributed by atoms with Crippen LogP contribution in [0.25, 0.3) is 10.8 Å². The van der Waals surface area contributed by atoms with Gasteiger partial charge < -0.3 is 5.32 Å². The van der Waals surface area contributed by atoms with E-state index < -0.39 is 0 Å². The summed E-state index contributed by atoms with van der Waals surface area (Å²) in [5, 5.41) is 14.9. The van der Waals surface area contributed by atoms with Crippen molar-refractivity contribution in [1.82, 2.24) is 4.90 Å². The second-order valence-corrected chi connectivity index (χ2v) is 8.01. The average Bonchev–Trinajstić information content (AvgIpc) is 2.75. The van der Waals surface area contributed by atoms with Gasteiger partial charge in [0.25, 0.3) is 0 Å². The summed E-state index contributed by atoms with van der Waals surface area (Å²) in [5.41, 5.74) is 2.92. The zero-order valence-corrected chi connectivity index (χ0v) is 17.4. The Balaban J connectivity index is 1.50. The number of rotatable bonds is 6. The summed E-state index contributed by atoms with van der Waals surface area (Å²) in [7, 11) is 0. The van der Waals surface area contributed by atoms with Crippen molar-refractivity contribution in [3.05, 3.63) is 66.7 Å². The van der Waals surface area contributed by atoms with Crippen molar-refractivity contribution < 1.29 is 0 Å². The van der Waals surface area contributed by atoms with Crippen LogP contribution in [-0.4, -0.2) is 30.1 Å². The normalized spacial score (nSPS) is 20.3. The summed E-state index contributed by atoms with van der Waals surface area (Å²) >= 11 is 0. The quantitative estimate of drug-likeness (QED) is 0.467. The van der Waals surface area contributed by atoms with E-state index in [1.165, 1.54) is 24.6 Å². The van der Waals surface area contributed by atoms with Crippen LogP contribution in [0.3, 0.4) is 0 Å². The monoisotopic (exact) mass is 386 g/mol. The summed E-state index contributed by atoms with van der Waals surface area (Å²) in [6.45, 7) is 6.74. The lowest BCUT2D eigenvalue weighted by atomic mass is 9.98. The molecule has 0 bridgehead atoms. The predicted octanol–water partition coefficient (Wildman–Crippen LogP) is 6.93. The van der Waals surface area contributed by atoms with Crippen LogP contribution in [-0.2, 0) is 0 Å². The first kappa shape index (κ1) is 19.6. The molecule has 4 rings (SSSR count). The minimum Gasteiger partial charge on any atom is -0.383 e. The van der Waals surface area contributed by atoms with Crippen LogP contribution in [0.15, 0.2) is 77.0 Å². The van der Waals surface area contributed by atoms with Crippen LogP contribution in [0, 0.1) is 0 Å². The van der Waals surface area contributed by atoms with Crippen molar-refractivity contribution in [2.45, 2.75) is 45.2 Å². The lowest BCUT2D eigenvalue weighted by Crippen LogP contribution is -2.45. The van der Waals surface area contributed by atoms with Crippen molar-refractivity contribution >= 4 is 27.8 Å². The van der Waals surface area contributed by atoms with Gasteiger partial charge in [0.15, 0.2) is 0 Å². The fourth-order valence-corrected chi connectivity index (χ4v) is 4.37. The molecule has 4 heteroatoms. The van der Waals surface area contributed by atoms with Gasteiger partial charge in [-0.3, -0.25) is 4.90 Å². The number of likely N-dealkylation sites (tertiary alicyclic amines) is 1. The third-order valence-electron chi connectivity index (χ3n) is 5.99. The fraction of sp³-hybridized carbons (Fsp3) is 0.360. The standard InChI is InChI=1S/C25H30N4/c1-19-9-8-10-20(2)29(19)18-17-26-24-15-16-25(23-14-7-6-13-22(23)24)28-27-21-11-4-3-5-12-21/h3-7,11-16,19-20,26H,8-10,17-18H2,1-2H3/t19-,20-/m0/s1. The number of nitrogens with zero attached hydrogens (tertiary/aromatic N) is 3. The van der Waals surface area contributed by atoms with Crippen LogP contribution in [0.5, 0.6) is 0 Å². The van der Waals surface area contributed by atoms with Crippen LogP contribution in [0.4, 0.5) is 17.1 Å². The van der Waals surface area contributed by atoms with Gasteiger partial charge in [-0.1, -0.05) is 48.9 Å². The van der Waals surface area contributed by atoms with Gasteiger partial charge >= 0.3 is 0 Å². The Morgan fingerprint density at radius 2 is 1.52 bits per heavy atom. The van der Waals surface area contributed by atoms with E-state index in [-0.39, 0.29) is 0 Å². The summed E-state index contributed by atoms with van der Waals surface area (Å²) in [4.78, 5) is 2.64. The molecule has 3 aromatic rings. The maximum Gasteiger partial charge on any atom is 0.0936 e. The van der Waals surface area contributed by atoms with Gasteiger partial charge in [-0.05, 0) is 51.0 Å². The molecule has 1 aliphatic rings. The molecule has 150 valence electrons. The molecule has 0 unspecified atom stereocenters. The van der Waals surface area contributed by atoms with Gasteiger partial charge in [0.05, 0.1) is 11.4 Å². The number of anilines is 1. The van der Waals surface area contributed by atoms with Crippen LogP contribution < -0.4 is 5.32 Å². The Labute approximate surface area is 173 Å². The third-order valence-corrected chi connectivity index (χ3v) is 5.99. The van der Waals surface area contributed by atoms with Gasteiger partial charge in [-0.15, -0.1) is 5.11 Å². The van der Waals surface area contributed by atoms with Crippen LogP contribution in [0.1, 0.15) is 33.1 Å². The first-order chi connectivity index (χ1) is 14.2. The number of piperidine rings is 1. The Hall–Kier alpha value is -2.72. The number of benzene rings is 3. The molecule has 0 radical (unpaired) electrons. The summed E-state index contributed by atoms with van der Waals surface area (Å²) in [6, 6.07) is 23.8. The van der Waals surface area contributed by atoms with Crippen molar-refractivity contribution in [1.29, 1.82) is 0 Å². The van der Waals surface area contributed by atoms with Crippen LogP contribution in [0.2, 0.25) is 0 Å². The molecule has 0 aliphatic carbocycles. The number of nitrogens with one attached hydrogen (secondary N) is 1. The molecule has 0 saturated carbocycles. The molecule has 0 aromatic heterocycles. The zero-order chi connectivity index (χ0) is 20.1. The highest BCUT2D eigenvalue weighted by molar-refractivity contribution is 6.00. The van der Waals surface area contributed by atoms with Gasteiger partial charge in [-0.2, -0.15) is 5.11 Å². The SMILES string of the molecule is C[C@H]1CCC[C@H](C)N1CCNc1ccc(N=Nc2ccccc2)c2ccccc12. The fourth-order valence-electron chi connectivity index (χ4n) is 4.37. The lowest BCUT2D eigenvalue weighted by Gasteiger charge is -2.39. The maximum absolute atomic E-state index is 4.51. The van der Waals surface area contributed by atoms with Gasteiger partial charge in [-0.25, -0.2) is 0 Å². The Bertz CT molecular complexity index is 957. The Kier molecular flexibility index (Phi) is 6.20. The Morgan fingerprint density at radius 1 is 0.828 bits per heavy atom. The van der Waals surface area contributed by atoms with E-state index in [1.807, 2.05) is 30.3 Å². The molecule has 2 atom stereocenters. The molecular formula is C25H30N4. The molecule has 1 saturated heterocycles. The van der Waals surface area contributed by atoms with E-state index >= 15 is 0 Å². The smallest absolute Gasteiger partial charge is 0.0936 e. The largest absolute Gasteiger partial charge is 0.383 e. The van der Waals surface area contributed by atoms with Crippen molar-refractivity contribution in [3.63, 3.8) is 0 Å². The van der Waals surface area contributed by atoms with E-state index in [1.54, 1.807) is 0 Å². The topological polar surface area (TPSA) is 40.0 Å². The van der Waals surface area contributed by atoms with Crippen molar-refractivity contribution in [3.8, 4) is 0 Å². The molecule has 1 aliphatic heterocycles. The Morgan fingerprint density at radius 3 is 2.28 bits per heavy atom. The molecule has 1 heterocycles. The number of fused-ring (bicyclic) bond motifs is 1. The first-order valence-corrected chi connectivity index (χ1v) is 10.7. The van der Waals surface area contributed by atoms with Gasteiger partial charge in [0.2, 0.25) is 0 Å². The van der Waals surface area contributed by atoms with E-state index in [2.05, 4.69) is 70.7 Å². The van der Waals surface area contributed by atoms with E-state index in [9.17, 15) is 0 Å². The lowest BCUT2D eigenvalue weighted by molar-refractivity contribution is 0.109. The van der Waals surface area contributed by atoms with Gasteiger partial charge in [0.1, 0.15) is 0 Å². The number of hydrogen-bond donors (Lipinski definition) is 1. The second-order valence-electron chi connectivity index (χ2n) is 8.01. The van der Waals surface area contributed by atoms with Gasteiger partial charge in [0, 0.05) is 41.6 Å². The maximum atomic E-state index is 4.51. The molecule has 1 N–H and O–H groups in total. The van der Waals surface area contributed by atoms with Crippen molar-refractivity contribution in [2.75, 3.05) is 18.4 Å². The number of hydrogen-bond acceptors (Lipinski definition) is 4. The number of azo groups is 1. The summed E-state index contributed by atoms with van der Waals surface area (Å²) < 4.78 is 0. The molecule has 1 fully saturated rings. The zero-order valence-electron chi connectivity index (χ0n) is 17.4. The highest BCUT2D eigenvalue weighted by Gasteiger charge is 2.23. The molecular weight excluding hydrogens is 356 g/mol. The van der Waals surface area contributed by atoms with Crippen LogP contribution >= 0.6 is 0 Å². The highest BCUT2D eigenvalue weighted by Crippen LogP contribution is 2.33.